The van der Waals surface area contributed by atoms with Gasteiger partial charge in [0, 0.05) is 25.7 Å². The van der Waals surface area contributed by atoms with E-state index in [1.807, 2.05) is 6.07 Å². The third-order valence-corrected chi connectivity index (χ3v) is 3.96. The lowest BCUT2D eigenvalue weighted by Gasteiger charge is -2.37. The molecule has 0 aliphatic heterocycles. The minimum Gasteiger partial charge on any atom is -0.396 e. The number of nitrogen functional groups attached to an aromatic ring is 1. The van der Waals surface area contributed by atoms with Crippen LogP contribution in [-0.4, -0.2) is 34.2 Å². The third kappa shape index (κ3) is 3.79. The van der Waals surface area contributed by atoms with E-state index in [-0.39, 0.29) is 6.61 Å². The van der Waals surface area contributed by atoms with Crippen LogP contribution in [0.2, 0.25) is 5.02 Å². The lowest BCUT2D eigenvalue weighted by Crippen LogP contribution is -2.40. The summed E-state index contributed by atoms with van der Waals surface area (Å²) in [5.74, 6) is 6.00. The monoisotopic (exact) mass is 284 g/mol. The van der Waals surface area contributed by atoms with Crippen molar-refractivity contribution in [1.82, 2.24) is 9.88 Å². The quantitative estimate of drug-likeness (QED) is 0.525. The first-order valence-corrected chi connectivity index (χ1v) is 7.09. The topological polar surface area (TPSA) is 74.4 Å². The largest absolute Gasteiger partial charge is 0.396 e. The van der Waals surface area contributed by atoms with E-state index < -0.39 is 0 Å². The molecular weight excluding hydrogens is 264 g/mol. The maximum absolute atomic E-state index is 9.00. The second-order valence-electron chi connectivity index (χ2n) is 4.90. The van der Waals surface area contributed by atoms with E-state index in [0.29, 0.717) is 23.4 Å². The number of rotatable bonds is 7. The van der Waals surface area contributed by atoms with E-state index >= 15 is 0 Å². The Balaban J connectivity index is 2.06. The fraction of sp³-hybridized carbons (Fsp3) is 0.615. The van der Waals surface area contributed by atoms with Crippen LogP contribution in [0, 0.1) is 0 Å². The molecule has 1 heterocycles. The summed E-state index contributed by atoms with van der Waals surface area (Å²) in [5.41, 5.74) is 3.38. The zero-order valence-corrected chi connectivity index (χ0v) is 11.7. The highest BCUT2D eigenvalue weighted by Crippen LogP contribution is 2.27. The van der Waals surface area contributed by atoms with E-state index in [2.05, 4.69) is 15.3 Å². The second kappa shape index (κ2) is 7.05. The van der Waals surface area contributed by atoms with Crippen LogP contribution < -0.4 is 11.3 Å². The lowest BCUT2D eigenvalue weighted by atomic mass is 9.91. The summed E-state index contributed by atoms with van der Waals surface area (Å²) in [6.07, 6.45) is 4.50. The van der Waals surface area contributed by atoms with Crippen molar-refractivity contribution in [2.45, 2.75) is 38.3 Å². The van der Waals surface area contributed by atoms with Crippen LogP contribution in [-0.2, 0) is 6.54 Å². The molecule has 0 atom stereocenters. The van der Waals surface area contributed by atoms with Crippen molar-refractivity contribution >= 4 is 17.4 Å². The maximum Gasteiger partial charge on any atom is 0.140 e. The van der Waals surface area contributed by atoms with E-state index in [1.54, 1.807) is 6.07 Å². The number of aliphatic hydroxyl groups is 1. The number of anilines is 1. The van der Waals surface area contributed by atoms with Crippen molar-refractivity contribution in [3.63, 3.8) is 0 Å². The van der Waals surface area contributed by atoms with Crippen LogP contribution in [0.15, 0.2) is 12.1 Å². The highest BCUT2D eigenvalue weighted by atomic mass is 35.5. The summed E-state index contributed by atoms with van der Waals surface area (Å²) >= 11 is 6.19. The summed E-state index contributed by atoms with van der Waals surface area (Å²) in [7, 11) is 0. The first kappa shape index (κ1) is 14.5. The van der Waals surface area contributed by atoms with Gasteiger partial charge in [-0.2, -0.15) is 0 Å². The van der Waals surface area contributed by atoms with E-state index in [4.69, 9.17) is 22.6 Å². The molecule has 0 unspecified atom stereocenters. The number of halogens is 1. The molecule has 106 valence electrons. The molecular formula is C13H21ClN4O. The molecule has 1 aliphatic carbocycles. The van der Waals surface area contributed by atoms with Crippen molar-refractivity contribution in [3.05, 3.63) is 22.8 Å². The van der Waals surface area contributed by atoms with Gasteiger partial charge >= 0.3 is 0 Å². The fourth-order valence-corrected chi connectivity index (χ4v) is 2.45. The number of hydrogen-bond acceptors (Lipinski definition) is 5. The lowest BCUT2D eigenvalue weighted by molar-refractivity contribution is 0.108. The van der Waals surface area contributed by atoms with Gasteiger partial charge < -0.3 is 10.5 Å². The number of aliphatic hydroxyl groups excluding tert-OH is 1. The van der Waals surface area contributed by atoms with Gasteiger partial charge in [-0.1, -0.05) is 18.0 Å². The predicted octanol–water partition coefficient (Wildman–Crippen LogP) is 1.76. The molecule has 6 heteroatoms. The molecule has 4 N–H and O–H groups in total. The van der Waals surface area contributed by atoms with Gasteiger partial charge in [-0.25, -0.2) is 10.8 Å². The fourth-order valence-electron chi connectivity index (χ4n) is 2.28. The molecule has 5 nitrogen and oxygen atoms in total. The zero-order chi connectivity index (χ0) is 13.7. The molecule has 0 aromatic carbocycles. The molecule has 1 aromatic heterocycles. The number of nitrogens with one attached hydrogen (secondary N) is 1. The third-order valence-electron chi connectivity index (χ3n) is 3.61. The van der Waals surface area contributed by atoms with E-state index in [0.717, 1.165) is 18.7 Å². The molecule has 0 radical (unpaired) electrons. The van der Waals surface area contributed by atoms with E-state index in [9.17, 15) is 0 Å². The summed E-state index contributed by atoms with van der Waals surface area (Å²) in [4.78, 5) is 6.76. The van der Waals surface area contributed by atoms with Gasteiger partial charge in [0.15, 0.2) is 0 Å². The molecule has 0 bridgehead atoms. The standard InChI is InChI=1S/C13H21ClN4O/c14-11-5-6-13(17-15)16-12(11)9-18(7-2-8-19)10-3-1-4-10/h5-6,10,19H,1-4,7-9,15H2,(H,16,17). The second-order valence-corrected chi connectivity index (χ2v) is 5.31. The first-order chi connectivity index (χ1) is 9.24. The van der Waals surface area contributed by atoms with Gasteiger partial charge in [-0.15, -0.1) is 0 Å². The summed E-state index contributed by atoms with van der Waals surface area (Å²) in [5, 5.41) is 9.66. The smallest absolute Gasteiger partial charge is 0.140 e. The van der Waals surface area contributed by atoms with Gasteiger partial charge in [0.25, 0.3) is 0 Å². The average molecular weight is 285 g/mol. The maximum atomic E-state index is 9.00. The number of nitrogens with zero attached hydrogens (tertiary/aromatic N) is 2. The van der Waals surface area contributed by atoms with Crippen LogP contribution >= 0.6 is 11.6 Å². The summed E-state index contributed by atoms with van der Waals surface area (Å²) in [6, 6.07) is 4.16. The van der Waals surface area contributed by atoms with Gasteiger partial charge in [0.1, 0.15) is 5.82 Å². The van der Waals surface area contributed by atoms with Crippen molar-refractivity contribution < 1.29 is 5.11 Å². The zero-order valence-electron chi connectivity index (χ0n) is 11.0. The Morgan fingerprint density at radius 1 is 1.47 bits per heavy atom. The SMILES string of the molecule is NNc1ccc(Cl)c(CN(CCCO)C2CCC2)n1. The number of pyridine rings is 1. The van der Waals surface area contributed by atoms with Crippen molar-refractivity contribution in [2.24, 2.45) is 5.84 Å². The Bertz CT molecular complexity index is 412. The highest BCUT2D eigenvalue weighted by Gasteiger charge is 2.25. The van der Waals surface area contributed by atoms with Crippen LogP contribution in [0.3, 0.4) is 0 Å². The molecule has 19 heavy (non-hydrogen) atoms. The van der Waals surface area contributed by atoms with Gasteiger partial charge in [0.2, 0.25) is 0 Å². The molecule has 2 rings (SSSR count). The van der Waals surface area contributed by atoms with Crippen molar-refractivity contribution in [2.75, 3.05) is 18.6 Å². The molecule has 1 aliphatic rings. The number of aromatic nitrogens is 1. The molecule has 0 spiro atoms. The predicted molar refractivity (Wildman–Crippen MR) is 76.8 cm³/mol. The molecule has 1 fully saturated rings. The minimum absolute atomic E-state index is 0.217. The summed E-state index contributed by atoms with van der Waals surface area (Å²) < 4.78 is 0. The van der Waals surface area contributed by atoms with Crippen molar-refractivity contribution in [3.8, 4) is 0 Å². The number of hydrogen-bond donors (Lipinski definition) is 3. The van der Waals surface area contributed by atoms with Gasteiger partial charge in [-0.3, -0.25) is 4.90 Å². The van der Waals surface area contributed by atoms with Crippen LogP contribution in [0.25, 0.3) is 0 Å². The van der Waals surface area contributed by atoms with Crippen molar-refractivity contribution in [1.29, 1.82) is 0 Å². The highest BCUT2D eigenvalue weighted by molar-refractivity contribution is 6.31. The Morgan fingerprint density at radius 3 is 2.84 bits per heavy atom. The number of hydrazine groups is 1. The normalized spacial score (nSPS) is 15.6. The summed E-state index contributed by atoms with van der Waals surface area (Å²) in [6.45, 7) is 1.80. The minimum atomic E-state index is 0.217. The number of nitrogens with two attached hydrogens (primary N) is 1. The Labute approximate surface area is 118 Å². The Morgan fingerprint density at radius 2 is 2.26 bits per heavy atom. The Kier molecular flexibility index (Phi) is 5.39. The van der Waals surface area contributed by atoms with Gasteiger partial charge in [0.05, 0.1) is 10.7 Å². The van der Waals surface area contributed by atoms with Gasteiger partial charge in [-0.05, 0) is 31.4 Å². The molecule has 0 saturated heterocycles. The molecule has 1 aromatic rings. The Hall–Kier alpha value is -0.880. The van der Waals surface area contributed by atoms with Crippen LogP contribution in [0.1, 0.15) is 31.4 Å². The van der Waals surface area contributed by atoms with Crippen LogP contribution in [0.4, 0.5) is 5.82 Å². The van der Waals surface area contributed by atoms with E-state index in [1.165, 1.54) is 19.3 Å². The first-order valence-electron chi connectivity index (χ1n) is 6.71. The molecule has 0 amide bonds. The average Bonchev–Trinajstić information content (AvgIpc) is 2.36. The van der Waals surface area contributed by atoms with Crippen LogP contribution in [0.5, 0.6) is 0 Å². The molecule has 1 saturated carbocycles.